The summed E-state index contributed by atoms with van der Waals surface area (Å²) in [5.41, 5.74) is -0.725. The van der Waals surface area contributed by atoms with E-state index in [0.29, 0.717) is 19.1 Å². The number of piperazine rings is 1. The first-order chi connectivity index (χ1) is 11.4. The second-order valence-electron chi connectivity index (χ2n) is 5.93. The molecular formula is C14H19FN4O4S. The van der Waals surface area contributed by atoms with Crippen LogP contribution in [0, 0.1) is 15.9 Å². The van der Waals surface area contributed by atoms with Crippen molar-refractivity contribution < 1.29 is 17.7 Å². The molecular weight excluding hydrogens is 339 g/mol. The van der Waals surface area contributed by atoms with Gasteiger partial charge in [0.25, 0.3) is 15.7 Å². The van der Waals surface area contributed by atoms with Gasteiger partial charge >= 0.3 is 0 Å². The molecule has 2 aliphatic heterocycles. The summed E-state index contributed by atoms with van der Waals surface area (Å²) in [6.07, 6.45) is 1.02. The molecule has 1 unspecified atom stereocenters. The third-order valence-electron chi connectivity index (χ3n) is 4.56. The Morgan fingerprint density at radius 2 is 1.96 bits per heavy atom. The third kappa shape index (κ3) is 3.14. The highest BCUT2D eigenvalue weighted by molar-refractivity contribution is 7.89. The number of sulfonamides is 1. The van der Waals surface area contributed by atoms with Gasteiger partial charge in [-0.1, -0.05) is 6.07 Å². The zero-order valence-electron chi connectivity index (χ0n) is 13.0. The van der Waals surface area contributed by atoms with Gasteiger partial charge in [0.2, 0.25) is 0 Å². The molecule has 3 rings (SSSR count). The van der Waals surface area contributed by atoms with Gasteiger partial charge in [0, 0.05) is 44.8 Å². The van der Waals surface area contributed by atoms with E-state index in [9.17, 15) is 22.9 Å². The van der Waals surface area contributed by atoms with Crippen molar-refractivity contribution in [1.29, 1.82) is 0 Å². The van der Waals surface area contributed by atoms with Crippen molar-refractivity contribution in [2.24, 2.45) is 0 Å². The summed E-state index contributed by atoms with van der Waals surface area (Å²) in [4.78, 5) is 11.6. The Kier molecular flexibility index (Phi) is 4.81. The summed E-state index contributed by atoms with van der Waals surface area (Å²) < 4.78 is 40.6. The molecule has 24 heavy (non-hydrogen) atoms. The van der Waals surface area contributed by atoms with Gasteiger partial charge in [-0.2, -0.15) is 4.31 Å². The van der Waals surface area contributed by atoms with Crippen LogP contribution < -0.4 is 5.32 Å². The van der Waals surface area contributed by atoms with Gasteiger partial charge in [0.15, 0.2) is 4.90 Å². The molecule has 0 amide bonds. The topological polar surface area (TPSA) is 95.8 Å². The summed E-state index contributed by atoms with van der Waals surface area (Å²) in [6, 6.07) is 3.46. The number of nitro groups is 1. The smallest absolute Gasteiger partial charge is 0.292 e. The van der Waals surface area contributed by atoms with Crippen LogP contribution in [0.1, 0.15) is 6.42 Å². The monoisotopic (exact) mass is 358 g/mol. The molecule has 8 nitrogen and oxygen atoms in total. The number of nitrogens with zero attached hydrogens (tertiary/aromatic N) is 3. The predicted molar refractivity (Wildman–Crippen MR) is 84.7 cm³/mol. The predicted octanol–water partition coefficient (Wildman–Crippen LogP) is 0.402. The first kappa shape index (κ1) is 17.2. The maximum Gasteiger partial charge on any atom is 0.292 e. The molecule has 1 aromatic rings. The summed E-state index contributed by atoms with van der Waals surface area (Å²) in [5, 5.41) is 14.3. The van der Waals surface area contributed by atoms with Crippen molar-refractivity contribution in [2.75, 3.05) is 39.3 Å². The van der Waals surface area contributed by atoms with Gasteiger partial charge in [0.1, 0.15) is 5.82 Å². The van der Waals surface area contributed by atoms with Crippen molar-refractivity contribution in [3.05, 3.63) is 34.1 Å². The first-order valence-corrected chi connectivity index (χ1v) is 9.23. The van der Waals surface area contributed by atoms with E-state index in [1.54, 1.807) is 0 Å². The van der Waals surface area contributed by atoms with Crippen molar-refractivity contribution in [3.8, 4) is 0 Å². The molecule has 1 aromatic carbocycles. The Labute approximate surface area is 139 Å². The number of hydrogen-bond acceptors (Lipinski definition) is 6. The molecule has 132 valence electrons. The first-order valence-electron chi connectivity index (χ1n) is 7.79. The summed E-state index contributed by atoms with van der Waals surface area (Å²) in [5.74, 6) is -1.09. The number of rotatable bonds is 4. The SMILES string of the molecule is O=[N+]([O-])c1cccc(F)c1S(=O)(=O)N1CCN(C2CCNC2)CC1. The quantitative estimate of drug-likeness (QED) is 0.618. The lowest BCUT2D eigenvalue weighted by Gasteiger charge is -2.37. The molecule has 0 aliphatic carbocycles. The highest BCUT2D eigenvalue weighted by Crippen LogP contribution is 2.30. The molecule has 10 heteroatoms. The number of nitro benzene ring substituents is 1. The molecule has 0 spiro atoms. The molecule has 0 radical (unpaired) electrons. The second kappa shape index (κ2) is 6.71. The Morgan fingerprint density at radius 1 is 1.25 bits per heavy atom. The molecule has 1 N–H and O–H groups in total. The maximum absolute atomic E-state index is 14.1. The standard InChI is InChI=1S/C14H19FN4O4S/c15-12-2-1-3-13(19(20)21)14(12)24(22,23)18-8-6-17(7-9-18)11-4-5-16-10-11/h1-3,11,16H,4-10H2. The second-order valence-corrected chi connectivity index (χ2v) is 7.81. The van der Waals surface area contributed by atoms with Crippen LogP contribution in [0.15, 0.2) is 23.1 Å². The molecule has 2 saturated heterocycles. The van der Waals surface area contributed by atoms with Crippen molar-refractivity contribution >= 4 is 15.7 Å². The molecule has 1 atom stereocenters. The fourth-order valence-corrected chi connectivity index (χ4v) is 4.91. The fraction of sp³-hybridized carbons (Fsp3) is 0.571. The van der Waals surface area contributed by atoms with E-state index in [1.807, 2.05) is 0 Å². The van der Waals surface area contributed by atoms with Crippen LogP contribution in [-0.4, -0.2) is 67.9 Å². The Bertz CT molecular complexity index is 728. The Hall–Kier alpha value is -1.62. The van der Waals surface area contributed by atoms with Gasteiger partial charge in [-0.15, -0.1) is 0 Å². The minimum Gasteiger partial charge on any atom is -0.315 e. The van der Waals surface area contributed by atoms with Gasteiger partial charge in [-0.3, -0.25) is 15.0 Å². The van der Waals surface area contributed by atoms with Gasteiger partial charge in [0.05, 0.1) is 4.92 Å². The van der Waals surface area contributed by atoms with E-state index in [4.69, 9.17) is 0 Å². The molecule has 2 aliphatic rings. The van der Waals surface area contributed by atoms with E-state index in [2.05, 4.69) is 10.2 Å². The number of halogens is 1. The van der Waals surface area contributed by atoms with Gasteiger partial charge in [-0.25, -0.2) is 12.8 Å². The zero-order valence-corrected chi connectivity index (χ0v) is 13.8. The summed E-state index contributed by atoms with van der Waals surface area (Å²) >= 11 is 0. The van der Waals surface area contributed by atoms with Crippen LogP contribution in [0.25, 0.3) is 0 Å². The normalized spacial score (nSPS) is 23.5. The highest BCUT2D eigenvalue weighted by atomic mass is 32.2. The average Bonchev–Trinajstić information content (AvgIpc) is 3.09. The lowest BCUT2D eigenvalue weighted by Crippen LogP contribution is -2.52. The third-order valence-corrected chi connectivity index (χ3v) is 6.53. The minimum absolute atomic E-state index is 0.199. The Balaban J connectivity index is 1.81. The molecule has 0 aromatic heterocycles. The zero-order chi connectivity index (χ0) is 17.3. The van der Waals surface area contributed by atoms with Crippen LogP contribution in [0.5, 0.6) is 0 Å². The number of hydrogen-bond donors (Lipinski definition) is 1. The Morgan fingerprint density at radius 3 is 2.54 bits per heavy atom. The van der Waals surface area contributed by atoms with Crippen molar-refractivity contribution in [1.82, 2.24) is 14.5 Å². The lowest BCUT2D eigenvalue weighted by atomic mass is 10.2. The van der Waals surface area contributed by atoms with Crippen molar-refractivity contribution in [2.45, 2.75) is 17.4 Å². The summed E-state index contributed by atoms with van der Waals surface area (Å²) in [7, 11) is -4.24. The highest BCUT2D eigenvalue weighted by Gasteiger charge is 2.37. The maximum atomic E-state index is 14.1. The van der Waals surface area contributed by atoms with Gasteiger partial charge < -0.3 is 5.32 Å². The molecule has 2 fully saturated rings. The lowest BCUT2D eigenvalue weighted by molar-refractivity contribution is -0.388. The average molecular weight is 358 g/mol. The van der Waals surface area contributed by atoms with Crippen LogP contribution in [0.3, 0.4) is 0 Å². The van der Waals surface area contributed by atoms with E-state index in [-0.39, 0.29) is 13.1 Å². The van der Waals surface area contributed by atoms with Crippen LogP contribution in [-0.2, 0) is 10.0 Å². The van der Waals surface area contributed by atoms with Crippen LogP contribution in [0.2, 0.25) is 0 Å². The van der Waals surface area contributed by atoms with E-state index >= 15 is 0 Å². The molecule has 0 saturated carbocycles. The summed E-state index contributed by atoms with van der Waals surface area (Å²) in [6.45, 7) is 3.30. The van der Waals surface area contributed by atoms with Gasteiger partial charge in [-0.05, 0) is 19.0 Å². The minimum atomic E-state index is -4.24. The fourth-order valence-electron chi connectivity index (χ4n) is 3.29. The van der Waals surface area contributed by atoms with E-state index in [1.165, 1.54) is 0 Å². The van der Waals surface area contributed by atoms with Crippen LogP contribution >= 0.6 is 0 Å². The number of nitrogens with one attached hydrogen (secondary N) is 1. The largest absolute Gasteiger partial charge is 0.315 e. The number of benzene rings is 1. The van der Waals surface area contributed by atoms with E-state index in [0.717, 1.165) is 42.0 Å². The van der Waals surface area contributed by atoms with Crippen LogP contribution in [0.4, 0.5) is 10.1 Å². The van der Waals surface area contributed by atoms with Crippen molar-refractivity contribution in [3.63, 3.8) is 0 Å². The van der Waals surface area contributed by atoms with E-state index < -0.39 is 31.3 Å². The molecule has 0 bridgehead atoms. The molecule has 2 heterocycles.